The first-order valence-electron chi connectivity index (χ1n) is 7.38. The average molecular weight is 336 g/mol. The molecule has 2 aromatic rings. The molecule has 122 valence electrons. The Kier molecular flexibility index (Phi) is 5.45. The molecule has 0 radical (unpaired) electrons. The van der Waals surface area contributed by atoms with Gasteiger partial charge in [-0.2, -0.15) is 0 Å². The Balaban J connectivity index is 2.21. The number of furan rings is 1. The molecule has 2 rings (SSSR count). The molecule has 1 aromatic carbocycles. The molecule has 6 heteroatoms. The molecule has 0 bridgehead atoms. The number of rotatable bonds is 6. The molecule has 2 N–H and O–H groups in total. The van der Waals surface area contributed by atoms with Crippen LogP contribution in [-0.4, -0.2) is 17.0 Å². The number of halogens is 1. The van der Waals surface area contributed by atoms with E-state index >= 15 is 0 Å². The van der Waals surface area contributed by atoms with Gasteiger partial charge >= 0.3 is 5.97 Å². The molecular weight excluding hydrogens is 318 g/mol. The minimum Gasteiger partial charge on any atom is -0.478 e. The molecule has 1 amide bonds. The van der Waals surface area contributed by atoms with Crippen molar-refractivity contribution in [3.63, 3.8) is 0 Å². The van der Waals surface area contributed by atoms with E-state index in [1.807, 2.05) is 19.1 Å². The van der Waals surface area contributed by atoms with E-state index in [-0.39, 0.29) is 17.4 Å². The molecule has 0 fully saturated rings. The lowest BCUT2D eigenvalue weighted by molar-refractivity contribution is 0.0694. The average Bonchev–Trinajstić information content (AvgIpc) is 2.97. The third-order valence-electron chi connectivity index (χ3n) is 3.55. The second-order valence-corrected chi connectivity index (χ2v) is 5.53. The normalized spacial score (nSPS) is 12.0. The van der Waals surface area contributed by atoms with Crippen LogP contribution in [0, 0.1) is 0 Å². The van der Waals surface area contributed by atoms with Gasteiger partial charge in [0.05, 0.1) is 6.04 Å². The second-order valence-electron chi connectivity index (χ2n) is 5.10. The van der Waals surface area contributed by atoms with Crippen LogP contribution in [0.25, 0.3) is 0 Å². The number of aromatic carboxylic acids is 1. The predicted molar refractivity (Wildman–Crippen MR) is 87.0 cm³/mol. The highest BCUT2D eigenvalue weighted by atomic mass is 35.5. The topological polar surface area (TPSA) is 79.5 Å². The van der Waals surface area contributed by atoms with Crippen LogP contribution in [0.3, 0.4) is 0 Å². The van der Waals surface area contributed by atoms with E-state index in [1.165, 1.54) is 6.07 Å². The van der Waals surface area contributed by atoms with Crippen LogP contribution < -0.4 is 5.32 Å². The minimum absolute atomic E-state index is 0.000252. The third kappa shape index (κ3) is 3.93. The monoisotopic (exact) mass is 335 g/mol. The van der Waals surface area contributed by atoms with Gasteiger partial charge in [-0.25, -0.2) is 4.79 Å². The standard InChI is InChI=1S/C17H18ClNO4/c1-3-13(10-6-5-7-11(18)8-10)19-16(20)15-9-12(17(21)22)14(4-2)23-15/h5-9,13H,3-4H2,1-2H3,(H,19,20)(H,21,22). The fourth-order valence-corrected chi connectivity index (χ4v) is 2.56. The molecule has 0 aliphatic carbocycles. The molecule has 0 spiro atoms. The van der Waals surface area contributed by atoms with Crippen LogP contribution >= 0.6 is 11.6 Å². The van der Waals surface area contributed by atoms with Crippen molar-refractivity contribution in [1.82, 2.24) is 5.32 Å². The quantitative estimate of drug-likeness (QED) is 0.833. The maximum absolute atomic E-state index is 12.3. The van der Waals surface area contributed by atoms with Crippen LogP contribution in [0.5, 0.6) is 0 Å². The van der Waals surface area contributed by atoms with Gasteiger partial charge in [0.25, 0.3) is 5.91 Å². The highest BCUT2D eigenvalue weighted by Gasteiger charge is 2.22. The van der Waals surface area contributed by atoms with E-state index in [4.69, 9.17) is 21.1 Å². The summed E-state index contributed by atoms with van der Waals surface area (Å²) in [4.78, 5) is 23.5. The fourth-order valence-electron chi connectivity index (χ4n) is 2.36. The summed E-state index contributed by atoms with van der Waals surface area (Å²) in [7, 11) is 0. The summed E-state index contributed by atoms with van der Waals surface area (Å²) in [5.41, 5.74) is 0.905. The van der Waals surface area contributed by atoms with Gasteiger partial charge < -0.3 is 14.8 Å². The van der Waals surface area contributed by atoms with Gasteiger partial charge in [0.1, 0.15) is 11.3 Å². The number of benzene rings is 1. The van der Waals surface area contributed by atoms with Crippen LogP contribution in [0.2, 0.25) is 5.02 Å². The zero-order valence-electron chi connectivity index (χ0n) is 12.9. The summed E-state index contributed by atoms with van der Waals surface area (Å²) in [5.74, 6) is -1.26. The van der Waals surface area contributed by atoms with Gasteiger partial charge in [0.15, 0.2) is 5.76 Å². The Morgan fingerprint density at radius 3 is 2.57 bits per heavy atom. The van der Waals surface area contributed by atoms with Crippen molar-refractivity contribution in [3.8, 4) is 0 Å². The molecule has 0 aliphatic heterocycles. The molecule has 1 heterocycles. The first-order valence-corrected chi connectivity index (χ1v) is 7.76. The molecule has 1 atom stereocenters. The lowest BCUT2D eigenvalue weighted by atomic mass is 10.0. The van der Waals surface area contributed by atoms with Gasteiger partial charge in [0, 0.05) is 17.5 Å². The second kappa shape index (κ2) is 7.33. The smallest absolute Gasteiger partial charge is 0.339 e. The Bertz CT molecular complexity index is 723. The van der Waals surface area contributed by atoms with Crippen molar-refractivity contribution < 1.29 is 19.1 Å². The highest BCUT2D eigenvalue weighted by Crippen LogP contribution is 2.22. The summed E-state index contributed by atoms with van der Waals surface area (Å²) in [6.45, 7) is 3.71. The van der Waals surface area contributed by atoms with Gasteiger partial charge in [-0.05, 0) is 24.1 Å². The maximum atomic E-state index is 12.3. The van der Waals surface area contributed by atoms with Crippen molar-refractivity contribution >= 4 is 23.5 Å². The highest BCUT2D eigenvalue weighted by molar-refractivity contribution is 6.30. The lowest BCUT2D eigenvalue weighted by Gasteiger charge is -2.16. The molecule has 0 saturated carbocycles. The summed E-state index contributed by atoms with van der Waals surface area (Å²) >= 11 is 5.98. The van der Waals surface area contributed by atoms with Crippen molar-refractivity contribution in [2.24, 2.45) is 0 Å². The molecule has 5 nitrogen and oxygen atoms in total. The zero-order chi connectivity index (χ0) is 17.0. The van der Waals surface area contributed by atoms with Gasteiger partial charge in [0.2, 0.25) is 0 Å². The van der Waals surface area contributed by atoms with E-state index in [2.05, 4.69) is 5.32 Å². The fraction of sp³-hybridized carbons (Fsp3) is 0.294. The molecular formula is C17H18ClNO4. The summed E-state index contributed by atoms with van der Waals surface area (Å²) < 4.78 is 5.37. The first-order chi connectivity index (χ1) is 11.0. The summed E-state index contributed by atoms with van der Waals surface area (Å²) in [6, 6.07) is 8.28. The van der Waals surface area contributed by atoms with E-state index in [1.54, 1.807) is 19.1 Å². The number of amides is 1. The Morgan fingerprint density at radius 1 is 1.30 bits per heavy atom. The van der Waals surface area contributed by atoms with Gasteiger partial charge in [-0.1, -0.05) is 37.6 Å². The third-order valence-corrected chi connectivity index (χ3v) is 3.78. The minimum atomic E-state index is -1.11. The van der Waals surface area contributed by atoms with Gasteiger partial charge in [-0.15, -0.1) is 0 Å². The van der Waals surface area contributed by atoms with E-state index in [9.17, 15) is 9.59 Å². The predicted octanol–water partition coefficient (Wildman–Crippen LogP) is 4.07. The van der Waals surface area contributed by atoms with Crippen LogP contribution in [0.4, 0.5) is 0 Å². The van der Waals surface area contributed by atoms with Crippen LogP contribution in [-0.2, 0) is 6.42 Å². The largest absolute Gasteiger partial charge is 0.478 e. The molecule has 0 saturated heterocycles. The van der Waals surface area contributed by atoms with Crippen molar-refractivity contribution in [2.45, 2.75) is 32.7 Å². The number of carboxylic acids is 1. The Labute approximate surface area is 139 Å². The number of hydrogen-bond acceptors (Lipinski definition) is 3. The number of aryl methyl sites for hydroxylation is 1. The number of carboxylic acid groups (broad SMARTS) is 1. The summed E-state index contributed by atoms with van der Waals surface area (Å²) in [6.07, 6.45) is 1.07. The maximum Gasteiger partial charge on any atom is 0.339 e. The van der Waals surface area contributed by atoms with Crippen molar-refractivity contribution in [3.05, 3.63) is 58.0 Å². The molecule has 1 aromatic heterocycles. The lowest BCUT2D eigenvalue weighted by Crippen LogP contribution is -2.27. The Morgan fingerprint density at radius 2 is 2.04 bits per heavy atom. The van der Waals surface area contributed by atoms with E-state index < -0.39 is 11.9 Å². The number of hydrogen-bond donors (Lipinski definition) is 2. The molecule has 1 unspecified atom stereocenters. The van der Waals surface area contributed by atoms with E-state index in [0.29, 0.717) is 23.6 Å². The SMILES string of the molecule is CCc1oc(C(=O)NC(CC)c2cccc(Cl)c2)cc1C(=O)O. The van der Waals surface area contributed by atoms with Crippen LogP contribution in [0.1, 0.15) is 58.5 Å². The summed E-state index contributed by atoms with van der Waals surface area (Å²) in [5, 5.41) is 12.6. The van der Waals surface area contributed by atoms with E-state index in [0.717, 1.165) is 5.56 Å². The number of carbonyl (C=O) groups is 2. The number of carbonyl (C=O) groups excluding carboxylic acids is 1. The van der Waals surface area contributed by atoms with Crippen LogP contribution in [0.15, 0.2) is 34.7 Å². The molecule has 0 aliphatic rings. The van der Waals surface area contributed by atoms with Crippen molar-refractivity contribution in [1.29, 1.82) is 0 Å². The number of nitrogens with one attached hydrogen (secondary N) is 1. The van der Waals surface area contributed by atoms with Crippen molar-refractivity contribution in [2.75, 3.05) is 0 Å². The Hall–Kier alpha value is -2.27. The first kappa shape index (κ1) is 17.1. The van der Waals surface area contributed by atoms with Gasteiger partial charge in [-0.3, -0.25) is 4.79 Å². The zero-order valence-corrected chi connectivity index (χ0v) is 13.7. The molecule has 23 heavy (non-hydrogen) atoms.